The molecular weight excluding hydrogens is 391 g/mol. The van der Waals surface area contributed by atoms with E-state index in [4.69, 9.17) is 4.74 Å². The number of anilines is 1. The molecule has 0 aliphatic carbocycles. The molecule has 1 amide bonds. The topological polar surface area (TPSA) is 58.6 Å². The molecule has 6 nitrogen and oxygen atoms in total. The molecule has 1 aromatic carbocycles. The molecule has 0 N–H and O–H groups in total. The smallest absolute Gasteiger partial charge is 0.264 e. The number of carbonyl (C=O) groups excluding carboxylic acids is 1. The number of hydrogen-bond donors (Lipinski definition) is 0. The molecule has 0 radical (unpaired) electrons. The van der Waals surface area contributed by atoms with Gasteiger partial charge >= 0.3 is 0 Å². The van der Waals surface area contributed by atoms with Crippen LogP contribution in [0.3, 0.4) is 0 Å². The van der Waals surface area contributed by atoms with E-state index in [9.17, 15) is 9.18 Å². The lowest BCUT2D eigenvalue weighted by molar-refractivity contribution is 0.0678. The van der Waals surface area contributed by atoms with Crippen molar-refractivity contribution in [2.24, 2.45) is 0 Å². The molecule has 1 aliphatic rings. The average molecular weight is 412 g/mol. The number of hydrogen-bond acceptors (Lipinski definition) is 6. The second-order valence-electron chi connectivity index (χ2n) is 7.00. The Balaban J connectivity index is 1.46. The molecule has 1 saturated heterocycles. The van der Waals surface area contributed by atoms with Gasteiger partial charge in [0.2, 0.25) is 5.88 Å². The van der Waals surface area contributed by atoms with Gasteiger partial charge in [-0.15, -0.1) is 11.3 Å². The number of amides is 1. The van der Waals surface area contributed by atoms with Crippen molar-refractivity contribution in [2.45, 2.75) is 19.9 Å². The Hall–Kier alpha value is -3.00. The zero-order chi connectivity index (χ0) is 20.4. The number of thiophene rings is 1. The maximum absolute atomic E-state index is 13.3. The molecule has 8 heteroatoms. The van der Waals surface area contributed by atoms with Gasteiger partial charge in [-0.3, -0.25) is 4.79 Å². The molecule has 0 bridgehead atoms. The molecule has 29 heavy (non-hydrogen) atoms. The Bertz CT molecular complexity index is 1010. The van der Waals surface area contributed by atoms with Gasteiger partial charge in [-0.25, -0.2) is 14.4 Å². The van der Waals surface area contributed by atoms with Gasteiger partial charge in [0.15, 0.2) is 0 Å². The summed E-state index contributed by atoms with van der Waals surface area (Å²) in [6.07, 6.45) is 1.46. The van der Waals surface area contributed by atoms with E-state index >= 15 is 0 Å². The summed E-state index contributed by atoms with van der Waals surface area (Å²) in [6.45, 7) is 5.79. The SMILES string of the molecule is Cc1cc(F)ccc1Oc1cc(N2CCN(C(=O)c3cccs3)[C@@H](C)C2)ncn1. The van der Waals surface area contributed by atoms with Gasteiger partial charge in [-0.2, -0.15) is 0 Å². The van der Waals surface area contributed by atoms with Crippen LogP contribution >= 0.6 is 11.3 Å². The highest BCUT2D eigenvalue weighted by atomic mass is 32.1. The quantitative estimate of drug-likeness (QED) is 0.645. The van der Waals surface area contributed by atoms with E-state index in [-0.39, 0.29) is 17.8 Å². The molecule has 1 aliphatic heterocycles. The zero-order valence-electron chi connectivity index (χ0n) is 16.2. The van der Waals surface area contributed by atoms with Gasteiger partial charge in [-0.05, 0) is 49.1 Å². The molecule has 3 heterocycles. The first-order valence-electron chi connectivity index (χ1n) is 9.37. The number of nitrogens with zero attached hydrogens (tertiary/aromatic N) is 4. The molecule has 3 aromatic rings. The van der Waals surface area contributed by atoms with E-state index < -0.39 is 0 Å². The summed E-state index contributed by atoms with van der Waals surface area (Å²) >= 11 is 1.46. The van der Waals surface area contributed by atoms with Gasteiger partial charge in [-0.1, -0.05) is 6.07 Å². The summed E-state index contributed by atoms with van der Waals surface area (Å²) in [5.74, 6) is 1.46. The number of piperazine rings is 1. The van der Waals surface area contributed by atoms with Crippen molar-refractivity contribution in [1.29, 1.82) is 0 Å². The molecule has 0 unspecified atom stereocenters. The number of rotatable bonds is 4. The Morgan fingerprint density at radius 3 is 2.83 bits per heavy atom. The first-order chi connectivity index (χ1) is 14.0. The van der Waals surface area contributed by atoms with Crippen molar-refractivity contribution in [3.63, 3.8) is 0 Å². The van der Waals surface area contributed by atoms with Crippen molar-refractivity contribution in [3.8, 4) is 11.6 Å². The average Bonchev–Trinajstić information content (AvgIpc) is 3.25. The summed E-state index contributed by atoms with van der Waals surface area (Å²) in [5, 5.41) is 1.92. The van der Waals surface area contributed by atoms with Crippen LogP contribution in [-0.2, 0) is 0 Å². The van der Waals surface area contributed by atoms with Crippen molar-refractivity contribution >= 4 is 23.1 Å². The van der Waals surface area contributed by atoms with Crippen LogP contribution in [0.4, 0.5) is 10.2 Å². The fraction of sp³-hybridized carbons (Fsp3) is 0.286. The van der Waals surface area contributed by atoms with Crippen LogP contribution < -0.4 is 9.64 Å². The zero-order valence-corrected chi connectivity index (χ0v) is 17.0. The molecule has 4 rings (SSSR count). The van der Waals surface area contributed by atoms with Crippen LogP contribution in [0.1, 0.15) is 22.2 Å². The maximum Gasteiger partial charge on any atom is 0.264 e. The van der Waals surface area contributed by atoms with Crippen LogP contribution in [0.15, 0.2) is 48.1 Å². The van der Waals surface area contributed by atoms with Gasteiger partial charge < -0.3 is 14.5 Å². The molecule has 1 fully saturated rings. The molecular formula is C21H21FN4O2S. The summed E-state index contributed by atoms with van der Waals surface area (Å²) < 4.78 is 19.1. The number of ether oxygens (including phenoxy) is 1. The third-order valence-electron chi connectivity index (χ3n) is 4.92. The molecule has 0 spiro atoms. The van der Waals surface area contributed by atoms with Gasteiger partial charge in [0.1, 0.15) is 23.7 Å². The van der Waals surface area contributed by atoms with Crippen molar-refractivity contribution in [2.75, 3.05) is 24.5 Å². The van der Waals surface area contributed by atoms with Gasteiger partial charge in [0.05, 0.1) is 4.88 Å². The minimum absolute atomic E-state index is 0.0528. The van der Waals surface area contributed by atoms with E-state index in [2.05, 4.69) is 14.9 Å². The predicted molar refractivity (Wildman–Crippen MR) is 110 cm³/mol. The standard InChI is InChI=1S/C21H21FN4O2S/c1-14-10-16(22)5-6-17(14)28-20-11-19(23-13-24-20)25-7-8-26(15(2)12-25)21(27)18-4-3-9-29-18/h3-6,9-11,13,15H,7-8,12H2,1-2H3/t15-/m0/s1. The summed E-state index contributed by atoms with van der Waals surface area (Å²) in [7, 11) is 0. The summed E-state index contributed by atoms with van der Waals surface area (Å²) in [5.41, 5.74) is 0.694. The number of aryl methyl sites for hydroxylation is 1. The highest BCUT2D eigenvalue weighted by Gasteiger charge is 2.29. The third-order valence-corrected chi connectivity index (χ3v) is 5.78. The summed E-state index contributed by atoms with van der Waals surface area (Å²) in [6, 6.07) is 9.94. The Morgan fingerprint density at radius 2 is 2.10 bits per heavy atom. The van der Waals surface area contributed by atoms with Gasteiger partial charge in [0, 0.05) is 31.7 Å². The first-order valence-corrected chi connectivity index (χ1v) is 10.2. The highest BCUT2D eigenvalue weighted by Crippen LogP contribution is 2.27. The second kappa shape index (κ2) is 8.16. The normalized spacial score (nSPS) is 16.7. The molecule has 150 valence electrons. The Labute approximate surface area is 172 Å². The number of benzene rings is 1. The number of halogens is 1. The molecule has 2 aromatic heterocycles. The lowest BCUT2D eigenvalue weighted by Gasteiger charge is -2.40. The monoisotopic (exact) mass is 412 g/mol. The Kier molecular flexibility index (Phi) is 5.44. The van der Waals surface area contributed by atoms with Crippen LogP contribution in [0, 0.1) is 12.7 Å². The maximum atomic E-state index is 13.3. The van der Waals surface area contributed by atoms with E-state index in [0.29, 0.717) is 36.8 Å². The van der Waals surface area contributed by atoms with Crippen molar-refractivity contribution < 1.29 is 13.9 Å². The van der Waals surface area contributed by atoms with Crippen LogP contribution in [0.2, 0.25) is 0 Å². The second-order valence-corrected chi connectivity index (χ2v) is 7.94. The largest absolute Gasteiger partial charge is 0.439 e. The molecule has 0 saturated carbocycles. The van der Waals surface area contributed by atoms with Crippen molar-refractivity contribution in [3.05, 3.63) is 64.4 Å². The lowest BCUT2D eigenvalue weighted by atomic mass is 10.2. The fourth-order valence-corrected chi connectivity index (χ4v) is 4.09. The van der Waals surface area contributed by atoms with E-state index in [1.165, 1.54) is 29.8 Å². The van der Waals surface area contributed by atoms with E-state index in [1.807, 2.05) is 29.3 Å². The van der Waals surface area contributed by atoms with Crippen LogP contribution in [0.25, 0.3) is 0 Å². The lowest BCUT2D eigenvalue weighted by Crippen LogP contribution is -2.54. The van der Waals surface area contributed by atoms with Crippen LogP contribution in [-0.4, -0.2) is 46.5 Å². The number of aromatic nitrogens is 2. The third kappa shape index (κ3) is 4.22. The van der Waals surface area contributed by atoms with Gasteiger partial charge in [0.25, 0.3) is 5.91 Å². The van der Waals surface area contributed by atoms with Crippen molar-refractivity contribution in [1.82, 2.24) is 14.9 Å². The first kappa shape index (κ1) is 19.3. The summed E-state index contributed by atoms with van der Waals surface area (Å²) in [4.78, 5) is 26.0. The minimum atomic E-state index is -0.304. The Morgan fingerprint density at radius 1 is 1.24 bits per heavy atom. The van der Waals surface area contributed by atoms with E-state index in [0.717, 1.165) is 10.7 Å². The van der Waals surface area contributed by atoms with Crippen LogP contribution in [0.5, 0.6) is 11.6 Å². The van der Waals surface area contributed by atoms with E-state index in [1.54, 1.807) is 19.1 Å². The molecule has 1 atom stereocenters. The fourth-order valence-electron chi connectivity index (χ4n) is 3.41. The minimum Gasteiger partial charge on any atom is -0.439 e. The highest BCUT2D eigenvalue weighted by molar-refractivity contribution is 7.12. The number of carbonyl (C=O) groups is 1. The predicted octanol–water partition coefficient (Wildman–Crippen LogP) is 4.13.